The molecule has 0 saturated heterocycles. The van der Waals surface area contributed by atoms with E-state index in [-0.39, 0.29) is 24.1 Å². The van der Waals surface area contributed by atoms with Crippen LogP contribution in [0.4, 0.5) is 0 Å². The van der Waals surface area contributed by atoms with Gasteiger partial charge >= 0.3 is 0 Å². The lowest BCUT2D eigenvalue weighted by Gasteiger charge is -2.27. The molecular weight excluding hydrogens is 220 g/mol. The van der Waals surface area contributed by atoms with Crippen LogP contribution in [-0.4, -0.2) is 22.7 Å². The summed E-state index contributed by atoms with van der Waals surface area (Å²) in [6.45, 7) is 8.81. The second kappa shape index (κ2) is 5.75. The summed E-state index contributed by atoms with van der Waals surface area (Å²) in [6.07, 6.45) is 0.956. The molecule has 2 unspecified atom stereocenters. The number of aliphatic hydroxyl groups is 1. The van der Waals surface area contributed by atoms with Crippen molar-refractivity contribution in [3.63, 3.8) is 0 Å². The molecule has 2 N–H and O–H groups in total. The molecule has 0 amide bonds. The van der Waals surface area contributed by atoms with Crippen molar-refractivity contribution in [1.29, 1.82) is 0 Å². The lowest BCUT2D eigenvalue weighted by molar-refractivity contribution is 0.190. The molecule has 0 aliphatic heterocycles. The number of thiazole rings is 1. The van der Waals surface area contributed by atoms with Crippen LogP contribution in [0, 0.1) is 5.41 Å². The van der Waals surface area contributed by atoms with Crippen LogP contribution in [0.3, 0.4) is 0 Å². The van der Waals surface area contributed by atoms with Gasteiger partial charge in [0.25, 0.3) is 0 Å². The molecule has 0 saturated carbocycles. The fraction of sp³-hybridized carbons (Fsp3) is 0.750. The predicted octanol–water partition coefficient (Wildman–Crippen LogP) is 2.59. The van der Waals surface area contributed by atoms with Crippen molar-refractivity contribution in [3.05, 3.63) is 16.6 Å². The van der Waals surface area contributed by atoms with Crippen molar-refractivity contribution < 1.29 is 5.11 Å². The van der Waals surface area contributed by atoms with Gasteiger partial charge in [-0.25, -0.2) is 4.98 Å². The van der Waals surface area contributed by atoms with E-state index >= 15 is 0 Å². The molecule has 0 aliphatic carbocycles. The number of nitrogens with zero attached hydrogens (tertiary/aromatic N) is 1. The highest BCUT2D eigenvalue weighted by atomic mass is 32.1. The molecule has 1 aromatic heterocycles. The van der Waals surface area contributed by atoms with Gasteiger partial charge < -0.3 is 10.4 Å². The Labute approximate surface area is 102 Å². The summed E-state index contributed by atoms with van der Waals surface area (Å²) in [7, 11) is 0. The van der Waals surface area contributed by atoms with Crippen LogP contribution in [0.15, 0.2) is 10.9 Å². The number of hydrogen-bond acceptors (Lipinski definition) is 4. The fourth-order valence-electron chi connectivity index (χ4n) is 1.79. The number of aliphatic hydroxyl groups excluding tert-OH is 1. The molecule has 1 aromatic rings. The molecule has 2 atom stereocenters. The van der Waals surface area contributed by atoms with E-state index in [0.717, 1.165) is 12.1 Å². The van der Waals surface area contributed by atoms with E-state index in [4.69, 9.17) is 0 Å². The van der Waals surface area contributed by atoms with Gasteiger partial charge in [0.1, 0.15) is 0 Å². The Kier molecular flexibility index (Phi) is 4.89. The Hall–Kier alpha value is -0.450. The van der Waals surface area contributed by atoms with Crippen LogP contribution in [0.25, 0.3) is 0 Å². The van der Waals surface area contributed by atoms with Gasteiger partial charge in [0, 0.05) is 17.5 Å². The molecule has 0 spiro atoms. The first-order chi connectivity index (χ1) is 7.42. The van der Waals surface area contributed by atoms with Crippen LogP contribution < -0.4 is 5.32 Å². The van der Waals surface area contributed by atoms with Crippen LogP contribution in [-0.2, 0) is 0 Å². The predicted molar refractivity (Wildman–Crippen MR) is 68.6 cm³/mol. The largest absolute Gasteiger partial charge is 0.395 e. The first-order valence-electron chi connectivity index (χ1n) is 5.67. The van der Waals surface area contributed by atoms with Crippen LogP contribution in [0.2, 0.25) is 0 Å². The molecule has 0 aliphatic rings. The highest BCUT2D eigenvalue weighted by Crippen LogP contribution is 2.22. The van der Waals surface area contributed by atoms with E-state index < -0.39 is 0 Å². The second-order valence-electron chi connectivity index (χ2n) is 5.45. The lowest BCUT2D eigenvalue weighted by Crippen LogP contribution is -2.37. The number of nitrogens with one attached hydrogen (secondary N) is 1. The molecular formula is C12H22N2OS. The Morgan fingerprint density at radius 2 is 2.19 bits per heavy atom. The van der Waals surface area contributed by atoms with Gasteiger partial charge in [0.15, 0.2) is 0 Å². The summed E-state index contributed by atoms with van der Waals surface area (Å²) in [4.78, 5) is 4.27. The summed E-state index contributed by atoms with van der Waals surface area (Å²) in [6, 6.07) is 0.336. The fourth-order valence-corrected chi connectivity index (χ4v) is 2.44. The molecule has 0 radical (unpaired) electrons. The lowest BCUT2D eigenvalue weighted by atomic mass is 9.88. The summed E-state index contributed by atoms with van der Waals surface area (Å²) >= 11 is 1.60. The maximum atomic E-state index is 9.36. The molecule has 16 heavy (non-hydrogen) atoms. The zero-order valence-electron chi connectivity index (χ0n) is 10.5. The number of hydrogen-bond donors (Lipinski definition) is 2. The summed E-state index contributed by atoms with van der Waals surface area (Å²) in [5, 5.41) is 14.8. The van der Waals surface area contributed by atoms with E-state index in [1.165, 1.54) is 0 Å². The summed E-state index contributed by atoms with van der Waals surface area (Å²) in [5.41, 5.74) is 3.12. The smallest absolute Gasteiger partial charge is 0.0795 e. The zero-order valence-corrected chi connectivity index (χ0v) is 11.3. The van der Waals surface area contributed by atoms with Gasteiger partial charge in [-0.1, -0.05) is 20.8 Å². The highest BCUT2D eigenvalue weighted by molar-refractivity contribution is 7.07. The van der Waals surface area contributed by atoms with Crippen molar-refractivity contribution >= 4 is 11.3 Å². The van der Waals surface area contributed by atoms with Gasteiger partial charge in [0.05, 0.1) is 17.8 Å². The number of rotatable bonds is 5. The maximum absolute atomic E-state index is 9.36. The average Bonchev–Trinajstić information content (AvgIpc) is 2.67. The van der Waals surface area contributed by atoms with Crippen molar-refractivity contribution in [2.45, 2.75) is 46.2 Å². The topological polar surface area (TPSA) is 45.1 Å². The third-order valence-corrected chi connectivity index (χ3v) is 3.06. The first-order valence-corrected chi connectivity index (χ1v) is 6.61. The first kappa shape index (κ1) is 13.6. The van der Waals surface area contributed by atoms with E-state index in [2.05, 4.69) is 38.0 Å². The van der Waals surface area contributed by atoms with Crippen LogP contribution >= 0.6 is 11.3 Å². The molecule has 0 aromatic carbocycles. The molecule has 0 bridgehead atoms. The molecule has 3 nitrogen and oxygen atoms in total. The van der Waals surface area contributed by atoms with Gasteiger partial charge in [-0.3, -0.25) is 0 Å². The second-order valence-corrected chi connectivity index (χ2v) is 6.16. The van der Waals surface area contributed by atoms with E-state index in [1.807, 2.05) is 10.9 Å². The minimum Gasteiger partial charge on any atom is -0.395 e. The number of aromatic nitrogens is 1. The third-order valence-electron chi connectivity index (χ3n) is 2.46. The Morgan fingerprint density at radius 1 is 1.50 bits per heavy atom. The van der Waals surface area contributed by atoms with E-state index in [1.54, 1.807) is 11.3 Å². The molecule has 4 heteroatoms. The van der Waals surface area contributed by atoms with Crippen LogP contribution in [0.1, 0.15) is 45.9 Å². The van der Waals surface area contributed by atoms with Crippen molar-refractivity contribution in [2.24, 2.45) is 5.41 Å². The van der Waals surface area contributed by atoms with Crippen molar-refractivity contribution in [2.75, 3.05) is 6.61 Å². The average molecular weight is 242 g/mol. The molecule has 1 heterocycles. The van der Waals surface area contributed by atoms with Gasteiger partial charge in [0.2, 0.25) is 0 Å². The van der Waals surface area contributed by atoms with E-state index in [9.17, 15) is 5.11 Å². The highest BCUT2D eigenvalue weighted by Gasteiger charge is 2.20. The van der Waals surface area contributed by atoms with Crippen molar-refractivity contribution in [3.8, 4) is 0 Å². The van der Waals surface area contributed by atoms with Gasteiger partial charge in [-0.2, -0.15) is 0 Å². The minimum atomic E-state index is 0.136. The SMILES string of the molecule is CC(NC(CO)CC(C)(C)C)c1cscn1. The molecule has 1 rings (SSSR count). The molecule has 92 valence electrons. The van der Waals surface area contributed by atoms with Crippen molar-refractivity contribution in [1.82, 2.24) is 10.3 Å². The third kappa shape index (κ3) is 4.60. The summed E-state index contributed by atoms with van der Waals surface area (Å²) in [5.74, 6) is 0. The quantitative estimate of drug-likeness (QED) is 0.834. The van der Waals surface area contributed by atoms with E-state index in [0.29, 0.717) is 0 Å². The Balaban J connectivity index is 2.50. The minimum absolute atomic E-state index is 0.136. The van der Waals surface area contributed by atoms with Crippen LogP contribution in [0.5, 0.6) is 0 Å². The summed E-state index contributed by atoms with van der Waals surface area (Å²) < 4.78 is 0. The zero-order chi connectivity index (χ0) is 12.2. The Bertz CT molecular complexity index is 292. The normalized spacial score (nSPS) is 16.1. The monoisotopic (exact) mass is 242 g/mol. The van der Waals surface area contributed by atoms with Gasteiger partial charge in [-0.05, 0) is 18.8 Å². The maximum Gasteiger partial charge on any atom is 0.0795 e. The Morgan fingerprint density at radius 3 is 2.62 bits per heavy atom. The standard InChI is InChI=1S/C12H22N2OS/c1-9(11-7-16-8-13-11)14-10(6-15)5-12(2,3)4/h7-10,14-15H,5-6H2,1-4H3. The van der Waals surface area contributed by atoms with Gasteiger partial charge in [-0.15, -0.1) is 11.3 Å². The molecule has 0 fully saturated rings.